The van der Waals surface area contributed by atoms with Gasteiger partial charge in [-0.1, -0.05) is 34.8 Å². The molecule has 0 bridgehead atoms. The Morgan fingerprint density at radius 2 is 1.67 bits per heavy atom. The number of likely N-dealkylation sites (N-methyl/N-ethyl adjacent to an activating group) is 1. The van der Waals surface area contributed by atoms with E-state index in [1.165, 1.54) is 4.90 Å². The van der Waals surface area contributed by atoms with Crippen molar-refractivity contribution < 1.29 is 0 Å². The van der Waals surface area contributed by atoms with Gasteiger partial charge in [0.05, 0.1) is 0 Å². The molecule has 1 unspecified atom stereocenters. The molecule has 1 nitrogen and oxygen atoms in total. The molecule has 1 N–H and O–H groups in total. The van der Waals surface area contributed by atoms with Crippen LogP contribution in [-0.2, 0) is 6.42 Å². The highest BCUT2D eigenvalue weighted by Crippen LogP contribution is 2.25. The van der Waals surface area contributed by atoms with Gasteiger partial charge in [-0.05, 0) is 61.5 Å². The van der Waals surface area contributed by atoms with Gasteiger partial charge in [-0.15, -0.1) is 11.8 Å². The number of nitrogens with one attached hydrogen (secondary N) is 1. The lowest BCUT2D eigenvalue weighted by molar-refractivity contribution is 0.617. The van der Waals surface area contributed by atoms with E-state index in [0.29, 0.717) is 6.04 Å². The minimum atomic E-state index is 0.321. The summed E-state index contributed by atoms with van der Waals surface area (Å²) >= 11 is 19.9. The first kappa shape index (κ1) is 17.0. The van der Waals surface area contributed by atoms with Crippen molar-refractivity contribution in [3.8, 4) is 0 Å². The molecule has 1 atom stereocenters. The van der Waals surface area contributed by atoms with Crippen molar-refractivity contribution in [3.63, 3.8) is 0 Å². The van der Waals surface area contributed by atoms with Gasteiger partial charge in [0.2, 0.25) is 0 Å². The molecule has 2 aromatic carbocycles. The third-order valence-corrected chi connectivity index (χ3v) is 5.18. The highest BCUT2D eigenvalue weighted by molar-refractivity contribution is 7.99. The van der Waals surface area contributed by atoms with Crippen LogP contribution in [0.1, 0.15) is 5.56 Å². The molecule has 2 rings (SSSR count). The number of hydrogen-bond acceptors (Lipinski definition) is 2. The van der Waals surface area contributed by atoms with Crippen molar-refractivity contribution in [2.75, 3.05) is 12.8 Å². The highest BCUT2D eigenvalue weighted by atomic mass is 35.5. The van der Waals surface area contributed by atoms with Crippen LogP contribution >= 0.6 is 46.6 Å². The third-order valence-electron chi connectivity index (χ3n) is 3.15. The molecule has 5 heteroatoms. The van der Waals surface area contributed by atoms with Gasteiger partial charge in [0, 0.05) is 31.8 Å². The number of hydrogen-bond donors (Lipinski definition) is 1. The van der Waals surface area contributed by atoms with Crippen LogP contribution in [0, 0.1) is 0 Å². The van der Waals surface area contributed by atoms with E-state index in [9.17, 15) is 0 Å². The zero-order valence-corrected chi connectivity index (χ0v) is 14.7. The zero-order chi connectivity index (χ0) is 15.2. The van der Waals surface area contributed by atoms with Crippen LogP contribution < -0.4 is 5.32 Å². The summed E-state index contributed by atoms with van der Waals surface area (Å²) in [5, 5.41) is 5.57. The molecule has 0 amide bonds. The predicted octanol–water partition coefficient (Wildman–Crippen LogP) is 5.57. The van der Waals surface area contributed by atoms with Crippen LogP contribution in [-0.4, -0.2) is 18.8 Å². The lowest BCUT2D eigenvalue weighted by Crippen LogP contribution is -2.30. The smallest absolute Gasteiger partial charge is 0.0439 e. The van der Waals surface area contributed by atoms with Crippen molar-refractivity contribution >= 4 is 46.6 Å². The molecule has 112 valence electrons. The molecule has 21 heavy (non-hydrogen) atoms. The van der Waals surface area contributed by atoms with Gasteiger partial charge in [0.1, 0.15) is 0 Å². The molecule has 2 aromatic rings. The Bertz CT molecular complexity index is 587. The van der Waals surface area contributed by atoms with Gasteiger partial charge in [-0.2, -0.15) is 0 Å². The maximum atomic E-state index is 6.22. The summed E-state index contributed by atoms with van der Waals surface area (Å²) in [5.41, 5.74) is 1.07. The van der Waals surface area contributed by atoms with Gasteiger partial charge in [0.15, 0.2) is 0 Å². The molecule has 0 aliphatic rings. The first-order chi connectivity index (χ1) is 10.1. The van der Waals surface area contributed by atoms with Gasteiger partial charge in [-0.25, -0.2) is 0 Å². The summed E-state index contributed by atoms with van der Waals surface area (Å²) in [4.78, 5) is 1.21. The molecule has 0 aliphatic carbocycles. The predicted molar refractivity (Wildman–Crippen MR) is 95.2 cm³/mol. The number of halogens is 3. The van der Waals surface area contributed by atoms with E-state index in [1.54, 1.807) is 11.8 Å². The molecule has 0 spiro atoms. The molecule has 0 aromatic heterocycles. The quantitative estimate of drug-likeness (QED) is 0.676. The molecule has 0 fully saturated rings. The fourth-order valence-electron chi connectivity index (χ4n) is 1.94. The van der Waals surface area contributed by atoms with Gasteiger partial charge in [-0.3, -0.25) is 0 Å². The monoisotopic (exact) mass is 359 g/mol. The van der Waals surface area contributed by atoms with E-state index in [4.69, 9.17) is 34.8 Å². The van der Waals surface area contributed by atoms with Crippen LogP contribution in [0.4, 0.5) is 0 Å². The zero-order valence-electron chi connectivity index (χ0n) is 11.6. The van der Waals surface area contributed by atoms with E-state index in [0.717, 1.165) is 32.8 Å². The Kier molecular flexibility index (Phi) is 6.72. The summed E-state index contributed by atoms with van der Waals surface area (Å²) in [6, 6.07) is 13.8. The second-order valence-electron chi connectivity index (χ2n) is 4.69. The first-order valence-electron chi connectivity index (χ1n) is 6.58. The second-order valence-corrected chi connectivity index (χ2v) is 7.06. The normalized spacial score (nSPS) is 12.4. The number of thioether (sulfide) groups is 1. The maximum Gasteiger partial charge on any atom is 0.0439 e. The van der Waals surface area contributed by atoms with Crippen molar-refractivity contribution in [1.82, 2.24) is 5.32 Å². The fourth-order valence-corrected chi connectivity index (χ4v) is 3.46. The summed E-state index contributed by atoms with van der Waals surface area (Å²) in [7, 11) is 1.96. The molecular weight excluding hydrogens is 345 g/mol. The highest BCUT2D eigenvalue weighted by Gasteiger charge is 2.11. The maximum absolute atomic E-state index is 6.22. The van der Waals surface area contributed by atoms with E-state index in [-0.39, 0.29) is 0 Å². The van der Waals surface area contributed by atoms with Crippen LogP contribution in [0.2, 0.25) is 15.1 Å². The Balaban J connectivity index is 1.96. The topological polar surface area (TPSA) is 12.0 Å². The minimum Gasteiger partial charge on any atom is -0.316 e. The van der Waals surface area contributed by atoms with E-state index < -0.39 is 0 Å². The Morgan fingerprint density at radius 3 is 2.33 bits per heavy atom. The largest absolute Gasteiger partial charge is 0.316 e. The summed E-state index contributed by atoms with van der Waals surface area (Å²) in [6.07, 6.45) is 0.844. The Hall–Kier alpha value is -0.380. The molecule has 0 saturated carbocycles. The van der Waals surface area contributed by atoms with Crippen LogP contribution in [0.15, 0.2) is 47.4 Å². The van der Waals surface area contributed by atoms with Crippen molar-refractivity contribution in [2.24, 2.45) is 0 Å². The number of rotatable bonds is 6. The van der Waals surface area contributed by atoms with Gasteiger partial charge in [0.25, 0.3) is 0 Å². The average Bonchev–Trinajstić information content (AvgIpc) is 2.48. The Morgan fingerprint density at radius 1 is 1.00 bits per heavy atom. The Labute approximate surface area is 145 Å². The lowest BCUT2D eigenvalue weighted by Gasteiger charge is -2.17. The molecule has 0 aliphatic heterocycles. The summed E-state index contributed by atoms with van der Waals surface area (Å²) in [6.45, 7) is 0. The summed E-state index contributed by atoms with van der Waals surface area (Å²) < 4.78 is 0. The second kappa shape index (κ2) is 8.30. The van der Waals surface area contributed by atoms with Crippen molar-refractivity contribution in [2.45, 2.75) is 17.4 Å². The van der Waals surface area contributed by atoms with E-state index in [1.807, 2.05) is 49.5 Å². The molecule has 0 saturated heterocycles. The average molecular weight is 361 g/mol. The molecule has 0 heterocycles. The first-order valence-corrected chi connectivity index (χ1v) is 8.70. The van der Waals surface area contributed by atoms with E-state index in [2.05, 4.69) is 5.32 Å². The minimum absolute atomic E-state index is 0.321. The van der Waals surface area contributed by atoms with Crippen LogP contribution in [0.3, 0.4) is 0 Å². The number of benzene rings is 2. The lowest BCUT2D eigenvalue weighted by atomic mass is 10.1. The van der Waals surface area contributed by atoms with Crippen molar-refractivity contribution in [1.29, 1.82) is 0 Å². The standard InChI is InChI=1S/C16H16Cl3NS/c1-20-14(9-11-8-13(18)4-7-16(11)19)10-21-15-5-2-12(17)3-6-15/h2-8,14,20H,9-10H2,1H3. The van der Waals surface area contributed by atoms with Crippen molar-refractivity contribution in [3.05, 3.63) is 63.1 Å². The molecule has 0 radical (unpaired) electrons. The molecular formula is C16H16Cl3NS. The summed E-state index contributed by atoms with van der Waals surface area (Å²) in [5.74, 6) is 0.945. The third kappa shape index (κ3) is 5.39. The van der Waals surface area contributed by atoms with Crippen LogP contribution in [0.5, 0.6) is 0 Å². The fraction of sp³-hybridized carbons (Fsp3) is 0.250. The SMILES string of the molecule is CNC(CSc1ccc(Cl)cc1)Cc1cc(Cl)ccc1Cl. The van der Waals surface area contributed by atoms with Gasteiger partial charge >= 0.3 is 0 Å². The van der Waals surface area contributed by atoms with Gasteiger partial charge < -0.3 is 5.32 Å². The van der Waals surface area contributed by atoms with E-state index >= 15 is 0 Å². The van der Waals surface area contributed by atoms with Crippen LogP contribution in [0.25, 0.3) is 0 Å².